The lowest BCUT2D eigenvalue weighted by molar-refractivity contribution is -0.0594. The van der Waals surface area contributed by atoms with Crippen LogP contribution < -0.4 is 0 Å². The Hall–Kier alpha value is -2.36. The predicted molar refractivity (Wildman–Crippen MR) is 101 cm³/mol. The van der Waals surface area contributed by atoms with Crippen LogP contribution in [0.2, 0.25) is 0 Å². The number of aliphatic hydroxyl groups excluding tert-OH is 3. The average Bonchev–Trinajstić information content (AvgIpc) is 3.20. The summed E-state index contributed by atoms with van der Waals surface area (Å²) in [5.74, 6) is 0.588. The zero-order chi connectivity index (χ0) is 19.0. The smallest absolute Gasteiger partial charge is 0.205 e. The summed E-state index contributed by atoms with van der Waals surface area (Å²) in [6.45, 7) is -0.410. The number of nitrogens with zero attached hydrogens (tertiary/aromatic N) is 3. The van der Waals surface area contributed by atoms with Crippen molar-refractivity contribution in [2.24, 2.45) is 0 Å². The molecular weight excluding hydrogens is 366 g/mol. The van der Waals surface area contributed by atoms with E-state index < -0.39 is 31.1 Å². The Morgan fingerprint density at radius 3 is 2.19 bits per heavy atom. The molecule has 0 bridgehead atoms. The van der Waals surface area contributed by atoms with Gasteiger partial charge >= 0.3 is 0 Å². The standard InChI is InChI=1S/C19H19N3O4S/c23-11-14-15(24)16(25)18(26-14)22-19(27)21(13-9-5-2-6-10-13)17(20-22)12-7-3-1-4-8-12/h1-10,14-16,18,23-25H,11H2/t14-,15-,16-,18-/m1/s1. The molecule has 27 heavy (non-hydrogen) atoms. The summed E-state index contributed by atoms with van der Waals surface area (Å²) < 4.78 is 9.10. The van der Waals surface area contributed by atoms with Crippen molar-refractivity contribution in [1.29, 1.82) is 0 Å². The zero-order valence-corrected chi connectivity index (χ0v) is 15.1. The predicted octanol–water partition coefficient (Wildman–Crippen LogP) is 1.68. The summed E-state index contributed by atoms with van der Waals surface area (Å²) in [6.07, 6.45) is -4.36. The van der Waals surface area contributed by atoms with Crippen molar-refractivity contribution in [2.75, 3.05) is 6.61 Å². The van der Waals surface area contributed by atoms with Gasteiger partial charge in [-0.1, -0.05) is 48.5 Å². The van der Waals surface area contributed by atoms with Gasteiger partial charge in [0.25, 0.3) is 0 Å². The minimum atomic E-state index is -1.25. The number of benzene rings is 2. The van der Waals surface area contributed by atoms with E-state index in [-0.39, 0.29) is 0 Å². The Bertz CT molecular complexity index is 974. The van der Waals surface area contributed by atoms with E-state index >= 15 is 0 Å². The molecule has 3 N–H and O–H groups in total. The maximum Gasteiger partial charge on any atom is 0.205 e. The van der Waals surface area contributed by atoms with Gasteiger partial charge in [-0.15, -0.1) is 5.10 Å². The van der Waals surface area contributed by atoms with Gasteiger partial charge in [0.05, 0.1) is 6.61 Å². The molecule has 0 aliphatic carbocycles. The highest BCUT2D eigenvalue weighted by Gasteiger charge is 2.44. The van der Waals surface area contributed by atoms with Crippen LogP contribution >= 0.6 is 12.2 Å². The van der Waals surface area contributed by atoms with Crippen molar-refractivity contribution in [1.82, 2.24) is 14.3 Å². The van der Waals surface area contributed by atoms with Crippen LogP contribution in [-0.2, 0) is 4.74 Å². The molecule has 4 rings (SSSR count). The number of hydrogen-bond donors (Lipinski definition) is 3. The third-order valence-corrected chi connectivity index (χ3v) is 4.98. The van der Waals surface area contributed by atoms with Crippen molar-refractivity contribution in [3.05, 3.63) is 65.4 Å². The topological polar surface area (TPSA) is 92.7 Å². The minimum absolute atomic E-state index is 0.315. The molecule has 4 atom stereocenters. The van der Waals surface area contributed by atoms with Gasteiger partial charge in [0.2, 0.25) is 4.77 Å². The third kappa shape index (κ3) is 3.11. The first kappa shape index (κ1) is 18.0. The minimum Gasteiger partial charge on any atom is -0.394 e. The van der Waals surface area contributed by atoms with Crippen LogP contribution in [0.1, 0.15) is 6.23 Å². The molecule has 0 spiro atoms. The lowest BCUT2D eigenvalue weighted by atomic mass is 10.1. The van der Waals surface area contributed by atoms with Crippen LogP contribution in [0.3, 0.4) is 0 Å². The molecule has 0 saturated carbocycles. The fraction of sp³-hybridized carbons (Fsp3) is 0.263. The van der Waals surface area contributed by atoms with E-state index in [0.29, 0.717) is 10.6 Å². The quantitative estimate of drug-likeness (QED) is 0.592. The summed E-state index contributed by atoms with van der Waals surface area (Å²) in [5, 5.41) is 34.4. The lowest BCUT2D eigenvalue weighted by Gasteiger charge is -2.14. The van der Waals surface area contributed by atoms with Crippen molar-refractivity contribution in [3.63, 3.8) is 0 Å². The van der Waals surface area contributed by atoms with Crippen LogP contribution in [0.25, 0.3) is 17.1 Å². The van der Waals surface area contributed by atoms with Gasteiger partial charge in [0.15, 0.2) is 12.1 Å². The van der Waals surface area contributed by atoms with Gasteiger partial charge in [0, 0.05) is 11.3 Å². The molecule has 1 saturated heterocycles. The van der Waals surface area contributed by atoms with Crippen molar-refractivity contribution < 1.29 is 20.1 Å². The second-order valence-electron chi connectivity index (χ2n) is 6.32. The summed E-state index contributed by atoms with van der Waals surface area (Å²) in [6, 6.07) is 19.1. The molecule has 7 nitrogen and oxygen atoms in total. The number of ether oxygens (including phenoxy) is 1. The molecular formula is C19H19N3O4S. The summed E-state index contributed by atoms with van der Waals surface area (Å²) in [4.78, 5) is 0. The SMILES string of the molecule is OC[C@H]1O[C@@H](n2nc(-c3ccccc3)n(-c3ccccc3)c2=S)[C@H](O)[C@@H]1O. The molecule has 2 heterocycles. The molecule has 1 fully saturated rings. The molecule has 3 aromatic rings. The highest BCUT2D eigenvalue weighted by molar-refractivity contribution is 7.71. The van der Waals surface area contributed by atoms with Gasteiger partial charge in [-0.3, -0.25) is 4.57 Å². The maximum absolute atomic E-state index is 10.4. The van der Waals surface area contributed by atoms with E-state index in [4.69, 9.17) is 17.0 Å². The first-order chi connectivity index (χ1) is 13.1. The van der Waals surface area contributed by atoms with E-state index in [9.17, 15) is 15.3 Å². The number of aliphatic hydroxyl groups is 3. The molecule has 0 amide bonds. The molecule has 0 unspecified atom stereocenters. The summed E-state index contributed by atoms with van der Waals surface area (Å²) in [5.41, 5.74) is 1.66. The van der Waals surface area contributed by atoms with E-state index in [0.717, 1.165) is 11.3 Å². The fourth-order valence-electron chi connectivity index (χ4n) is 3.21. The molecule has 140 valence electrons. The molecule has 1 aromatic heterocycles. The first-order valence-electron chi connectivity index (χ1n) is 8.56. The van der Waals surface area contributed by atoms with E-state index in [1.807, 2.05) is 60.7 Å². The number of aromatic nitrogens is 3. The highest BCUT2D eigenvalue weighted by atomic mass is 32.1. The Balaban J connectivity index is 1.88. The van der Waals surface area contributed by atoms with Gasteiger partial charge < -0.3 is 20.1 Å². The lowest BCUT2D eigenvalue weighted by Crippen LogP contribution is -2.33. The Morgan fingerprint density at radius 2 is 1.59 bits per heavy atom. The summed E-state index contributed by atoms with van der Waals surface area (Å²) in [7, 11) is 0. The fourth-order valence-corrected chi connectivity index (χ4v) is 3.55. The van der Waals surface area contributed by atoms with Crippen molar-refractivity contribution >= 4 is 12.2 Å². The van der Waals surface area contributed by atoms with E-state index in [2.05, 4.69) is 5.10 Å². The van der Waals surface area contributed by atoms with E-state index in [1.165, 1.54) is 4.68 Å². The Labute approximate surface area is 160 Å². The van der Waals surface area contributed by atoms with Crippen LogP contribution in [0, 0.1) is 4.77 Å². The molecule has 8 heteroatoms. The second kappa shape index (κ2) is 7.34. The normalized spacial score (nSPS) is 25.0. The van der Waals surface area contributed by atoms with Crippen molar-refractivity contribution in [3.8, 4) is 17.1 Å². The second-order valence-corrected chi connectivity index (χ2v) is 6.68. The number of para-hydroxylation sites is 1. The monoisotopic (exact) mass is 385 g/mol. The average molecular weight is 385 g/mol. The Morgan fingerprint density at radius 1 is 0.963 bits per heavy atom. The van der Waals surface area contributed by atoms with Gasteiger partial charge in [-0.05, 0) is 24.4 Å². The molecule has 0 radical (unpaired) electrons. The van der Waals surface area contributed by atoms with Gasteiger partial charge in [-0.25, -0.2) is 4.68 Å². The first-order valence-corrected chi connectivity index (χ1v) is 8.97. The summed E-state index contributed by atoms with van der Waals surface area (Å²) >= 11 is 5.63. The van der Waals surface area contributed by atoms with Crippen LogP contribution in [0.15, 0.2) is 60.7 Å². The molecule has 1 aliphatic heterocycles. The molecule has 1 aliphatic rings. The van der Waals surface area contributed by atoms with Crippen LogP contribution in [-0.4, -0.2) is 54.6 Å². The van der Waals surface area contributed by atoms with Gasteiger partial charge in [-0.2, -0.15) is 0 Å². The number of hydrogen-bond acceptors (Lipinski definition) is 6. The van der Waals surface area contributed by atoms with E-state index in [1.54, 1.807) is 4.57 Å². The maximum atomic E-state index is 10.4. The number of rotatable bonds is 4. The third-order valence-electron chi connectivity index (χ3n) is 4.61. The Kier molecular flexibility index (Phi) is 4.90. The molecule has 2 aromatic carbocycles. The van der Waals surface area contributed by atoms with Crippen LogP contribution in [0.4, 0.5) is 0 Å². The van der Waals surface area contributed by atoms with Gasteiger partial charge in [0.1, 0.15) is 18.3 Å². The van der Waals surface area contributed by atoms with Crippen LogP contribution in [0.5, 0.6) is 0 Å². The largest absolute Gasteiger partial charge is 0.394 e. The highest BCUT2D eigenvalue weighted by Crippen LogP contribution is 2.31. The zero-order valence-electron chi connectivity index (χ0n) is 14.3. The van der Waals surface area contributed by atoms with Crippen molar-refractivity contribution in [2.45, 2.75) is 24.5 Å².